The van der Waals surface area contributed by atoms with Crippen molar-refractivity contribution in [3.63, 3.8) is 0 Å². The van der Waals surface area contributed by atoms with Gasteiger partial charge in [0.05, 0.1) is 0 Å². The molecule has 7 rings (SSSR count). The van der Waals surface area contributed by atoms with Crippen LogP contribution in [-0.2, 0) is 60.9 Å². The molecule has 1 aliphatic carbocycles. The highest BCUT2D eigenvalue weighted by Gasteiger charge is 2.38. The Hall–Kier alpha value is -5.82. The van der Waals surface area contributed by atoms with Gasteiger partial charge in [-0.15, -0.1) is 11.3 Å². The lowest BCUT2D eigenvalue weighted by molar-refractivity contribution is -0.142. The first kappa shape index (κ1) is 37.0. The summed E-state index contributed by atoms with van der Waals surface area (Å²) in [5.74, 6) is -4.47. The van der Waals surface area contributed by atoms with E-state index < -0.39 is 59.7 Å². The van der Waals surface area contributed by atoms with Gasteiger partial charge in [0.1, 0.15) is 24.2 Å². The molecule has 0 fully saturated rings. The summed E-state index contributed by atoms with van der Waals surface area (Å²) < 4.78 is 0. The molecule has 0 saturated heterocycles. The number of anilines is 1. The second kappa shape index (κ2) is 17.1. The molecule has 4 unspecified atom stereocenters. The second-order valence-electron chi connectivity index (χ2n) is 13.4. The average Bonchev–Trinajstić information content (AvgIpc) is 3.83. The number of carbonyl (C=O) groups is 6. The fraction of sp³-hybridized carbons (Fsp3) is 0.300. The van der Waals surface area contributed by atoms with Crippen LogP contribution in [-0.4, -0.2) is 64.8 Å². The van der Waals surface area contributed by atoms with Gasteiger partial charge in [-0.2, -0.15) is 0 Å². The highest BCUT2D eigenvalue weighted by Crippen LogP contribution is 2.29. The van der Waals surface area contributed by atoms with Gasteiger partial charge in [0, 0.05) is 42.7 Å². The van der Waals surface area contributed by atoms with E-state index in [0.29, 0.717) is 24.1 Å². The highest BCUT2D eigenvalue weighted by atomic mass is 32.1. The molecule has 3 heterocycles. The number of carboxylic acids is 1. The quantitative estimate of drug-likeness (QED) is 0.165. The molecule has 0 saturated carbocycles. The molecule has 13 heteroatoms. The molecule has 3 aliphatic rings. The van der Waals surface area contributed by atoms with Gasteiger partial charge in [-0.1, -0.05) is 72.8 Å². The third kappa shape index (κ3) is 9.95. The van der Waals surface area contributed by atoms with Crippen LogP contribution in [0, 0.1) is 5.92 Å². The zero-order valence-corrected chi connectivity index (χ0v) is 29.7. The Bertz CT molecular complexity index is 1930. The van der Waals surface area contributed by atoms with Gasteiger partial charge in [-0.05, 0) is 64.6 Å². The lowest BCUT2D eigenvalue weighted by Gasteiger charge is -2.29. The van der Waals surface area contributed by atoms with E-state index in [1.807, 2.05) is 47.8 Å². The van der Waals surface area contributed by atoms with Gasteiger partial charge in [-0.25, -0.2) is 4.79 Å². The molecule has 53 heavy (non-hydrogen) atoms. The maximum atomic E-state index is 14.4. The number of carboxylic acid groups (broad SMARTS) is 1. The molecule has 0 radical (unpaired) electrons. The zero-order chi connectivity index (χ0) is 37.3. The van der Waals surface area contributed by atoms with Crippen molar-refractivity contribution in [1.29, 1.82) is 0 Å². The van der Waals surface area contributed by atoms with Gasteiger partial charge in [0.15, 0.2) is 0 Å². The molecule has 274 valence electrons. The van der Waals surface area contributed by atoms with Crippen molar-refractivity contribution in [1.82, 2.24) is 21.3 Å². The van der Waals surface area contributed by atoms with Gasteiger partial charge < -0.3 is 31.7 Å². The SMILES string of the molecule is O=C1CCC(=O)NC(Cc2cccs2)C(=O)NC(C2Cc3ccccc3C2)C(=O)NC(Cc2ccccc2)C(=O)NC(C(=O)O)Cc2ccc(cc2)N1. The monoisotopic (exact) mass is 735 g/mol. The Morgan fingerprint density at radius 2 is 1.28 bits per heavy atom. The Kier molecular flexibility index (Phi) is 11.9. The van der Waals surface area contributed by atoms with Crippen LogP contribution in [0.2, 0.25) is 0 Å². The maximum absolute atomic E-state index is 14.4. The third-order valence-electron chi connectivity index (χ3n) is 9.56. The highest BCUT2D eigenvalue weighted by molar-refractivity contribution is 7.09. The number of carbonyl (C=O) groups excluding carboxylic acids is 5. The number of nitrogens with one attached hydrogen (secondary N) is 5. The van der Waals surface area contributed by atoms with Crippen molar-refractivity contribution in [3.05, 3.63) is 124 Å². The first-order valence-electron chi connectivity index (χ1n) is 17.6. The summed E-state index contributed by atoms with van der Waals surface area (Å²) in [5, 5.41) is 25.9. The standard InChI is InChI=1S/C40H41N5O7S/c46-34-16-17-35(47)42-32(23-30-11-6-18-53-30)38(49)45-36(28-21-26-9-4-5-10-27(26)22-28)39(50)43-31(19-24-7-2-1-3-8-24)37(48)44-33(40(51)52)20-25-12-14-29(41-34)15-13-25/h1-15,18,28,31-33,36H,16-17,19-23H2,(H,41,46)(H,42,47)(H,43,50)(H,44,48)(H,45,49)(H,51,52). The first-order chi connectivity index (χ1) is 25.6. The van der Waals surface area contributed by atoms with Crippen LogP contribution >= 0.6 is 11.3 Å². The molecular weight excluding hydrogens is 695 g/mol. The fourth-order valence-corrected chi connectivity index (χ4v) is 7.54. The topological polar surface area (TPSA) is 183 Å². The van der Waals surface area contributed by atoms with Crippen LogP contribution in [0.25, 0.3) is 0 Å². The first-order valence-corrected chi connectivity index (χ1v) is 18.4. The Morgan fingerprint density at radius 1 is 0.642 bits per heavy atom. The lowest BCUT2D eigenvalue weighted by Crippen LogP contribution is -2.60. The van der Waals surface area contributed by atoms with Crippen molar-refractivity contribution < 1.29 is 33.9 Å². The predicted octanol–water partition coefficient (Wildman–Crippen LogP) is 2.95. The van der Waals surface area contributed by atoms with E-state index in [-0.39, 0.29) is 38.0 Å². The number of aliphatic carboxylic acids is 1. The molecule has 6 N–H and O–H groups in total. The van der Waals surface area contributed by atoms with E-state index in [1.54, 1.807) is 48.5 Å². The molecule has 2 aliphatic heterocycles. The van der Waals surface area contributed by atoms with Crippen LogP contribution in [0.4, 0.5) is 5.69 Å². The number of benzene rings is 3. The van der Waals surface area contributed by atoms with E-state index in [2.05, 4.69) is 26.6 Å². The number of hydrogen-bond acceptors (Lipinski definition) is 7. The number of amides is 5. The molecule has 5 amide bonds. The molecule has 4 aromatic rings. The minimum atomic E-state index is -1.33. The molecule has 4 atom stereocenters. The summed E-state index contributed by atoms with van der Waals surface area (Å²) in [6.45, 7) is 0. The van der Waals surface area contributed by atoms with Crippen molar-refractivity contribution >= 4 is 52.5 Å². The van der Waals surface area contributed by atoms with E-state index in [4.69, 9.17) is 0 Å². The molecule has 3 aromatic carbocycles. The summed E-state index contributed by atoms with van der Waals surface area (Å²) in [6.07, 6.45) is 0.787. The molecule has 1 aromatic heterocycles. The van der Waals surface area contributed by atoms with Crippen LogP contribution in [0.15, 0.2) is 96.4 Å². The van der Waals surface area contributed by atoms with Crippen LogP contribution in [0.5, 0.6) is 0 Å². The number of thiophene rings is 1. The van der Waals surface area contributed by atoms with Crippen molar-refractivity contribution in [2.45, 2.75) is 69.1 Å². The largest absolute Gasteiger partial charge is 0.480 e. The Morgan fingerprint density at radius 3 is 1.94 bits per heavy atom. The number of fused-ring (bicyclic) bond motifs is 19. The summed E-state index contributed by atoms with van der Waals surface area (Å²) >= 11 is 1.42. The normalized spacial score (nSPS) is 22.0. The van der Waals surface area contributed by atoms with Gasteiger partial charge in [0.25, 0.3) is 0 Å². The van der Waals surface area contributed by atoms with Crippen LogP contribution < -0.4 is 26.6 Å². The Labute approximate surface area is 310 Å². The molecule has 2 bridgehead atoms. The Balaban J connectivity index is 1.34. The summed E-state index contributed by atoms with van der Waals surface area (Å²) in [6, 6.07) is 22.3. The van der Waals surface area contributed by atoms with Crippen molar-refractivity contribution in [2.75, 3.05) is 5.32 Å². The van der Waals surface area contributed by atoms with Gasteiger partial charge >= 0.3 is 5.97 Å². The maximum Gasteiger partial charge on any atom is 0.326 e. The summed E-state index contributed by atoms with van der Waals surface area (Å²) in [7, 11) is 0. The molecular formula is C40H41N5O7S. The smallest absolute Gasteiger partial charge is 0.326 e. The minimum Gasteiger partial charge on any atom is -0.480 e. The van der Waals surface area contributed by atoms with Crippen molar-refractivity contribution in [3.8, 4) is 0 Å². The third-order valence-corrected chi connectivity index (χ3v) is 10.5. The van der Waals surface area contributed by atoms with E-state index in [9.17, 15) is 33.9 Å². The summed E-state index contributed by atoms with van der Waals surface area (Å²) in [4.78, 5) is 81.7. The van der Waals surface area contributed by atoms with Gasteiger partial charge in [-0.3, -0.25) is 24.0 Å². The second-order valence-corrected chi connectivity index (χ2v) is 14.5. The van der Waals surface area contributed by atoms with Crippen LogP contribution in [0.1, 0.15) is 40.0 Å². The zero-order valence-electron chi connectivity index (χ0n) is 28.9. The number of hydrogen-bond donors (Lipinski definition) is 6. The molecule has 0 spiro atoms. The summed E-state index contributed by atoms with van der Waals surface area (Å²) in [5.41, 5.74) is 3.85. The van der Waals surface area contributed by atoms with Gasteiger partial charge in [0.2, 0.25) is 29.5 Å². The number of rotatable bonds is 6. The average molecular weight is 736 g/mol. The van der Waals surface area contributed by atoms with Crippen LogP contribution in [0.3, 0.4) is 0 Å². The van der Waals surface area contributed by atoms with E-state index >= 15 is 0 Å². The van der Waals surface area contributed by atoms with Crippen molar-refractivity contribution in [2.24, 2.45) is 5.92 Å². The molecule has 12 nitrogen and oxygen atoms in total. The van der Waals surface area contributed by atoms with E-state index in [1.165, 1.54) is 11.3 Å². The predicted molar refractivity (Wildman–Crippen MR) is 199 cm³/mol. The van der Waals surface area contributed by atoms with E-state index in [0.717, 1.165) is 21.6 Å². The minimum absolute atomic E-state index is 0.0573. The fourth-order valence-electron chi connectivity index (χ4n) is 6.79. The lowest BCUT2D eigenvalue weighted by atomic mass is 9.94.